The molecule has 0 saturated heterocycles. The van der Waals surface area contributed by atoms with E-state index in [4.69, 9.17) is 21.9 Å². The van der Waals surface area contributed by atoms with Crippen molar-refractivity contribution in [1.82, 2.24) is 5.16 Å². The first-order valence-corrected chi connectivity index (χ1v) is 7.50. The number of nitrogens with two attached hydrogens (primary N) is 1. The van der Waals surface area contributed by atoms with Gasteiger partial charge in [0.05, 0.1) is 5.56 Å². The van der Waals surface area contributed by atoms with Crippen LogP contribution in [0.25, 0.3) is 22.5 Å². The molecule has 0 aliphatic rings. The summed E-state index contributed by atoms with van der Waals surface area (Å²) in [6.07, 6.45) is 0. The molecule has 0 unspecified atom stereocenters. The highest BCUT2D eigenvalue weighted by atomic mass is 79.9. The zero-order valence-electron chi connectivity index (χ0n) is 11.2. The SMILES string of the molecule is Cc1cc(Br)cc(-c2onc(N)c2-c2cccc(Cl)c2)c1. The molecule has 106 valence electrons. The third kappa shape index (κ3) is 2.82. The Bertz CT molecular complexity index is 794. The van der Waals surface area contributed by atoms with Gasteiger partial charge in [0.25, 0.3) is 0 Å². The van der Waals surface area contributed by atoms with Gasteiger partial charge in [0.15, 0.2) is 11.6 Å². The zero-order valence-corrected chi connectivity index (χ0v) is 13.6. The molecule has 0 aliphatic carbocycles. The quantitative estimate of drug-likeness (QED) is 0.671. The standard InChI is InChI=1S/C16H12BrClN2O/c1-9-5-11(7-12(17)6-9)15-14(16(19)20-21-15)10-3-2-4-13(18)8-10/h2-8H,1H3,(H2,19,20). The van der Waals surface area contributed by atoms with Crippen molar-refractivity contribution >= 4 is 33.3 Å². The number of anilines is 1. The first kappa shape index (κ1) is 14.2. The lowest BCUT2D eigenvalue weighted by molar-refractivity contribution is 0.436. The van der Waals surface area contributed by atoms with Crippen molar-refractivity contribution in [3.63, 3.8) is 0 Å². The number of nitrogens with zero attached hydrogens (tertiary/aromatic N) is 1. The Morgan fingerprint density at radius 2 is 1.95 bits per heavy atom. The van der Waals surface area contributed by atoms with Gasteiger partial charge in [0.2, 0.25) is 0 Å². The molecule has 21 heavy (non-hydrogen) atoms. The largest absolute Gasteiger partial charge is 0.380 e. The number of rotatable bonds is 2. The van der Waals surface area contributed by atoms with E-state index in [-0.39, 0.29) is 0 Å². The van der Waals surface area contributed by atoms with Gasteiger partial charge in [-0.2, -0.15) is 0 Å². The third-order valence-electron chi connectivity index (χ3n) is 3.14. The van der Waals surface area contributed by atoms with Gasteiger partial charge < -0.3 is 10.3 Å². The molecule has 0 aliphatic heterocycles. The number of benzene rings is 2. The van der Waals surface area contributed by atoms with E-state index in [1.807, 2.05) is 49.4 Å². The normalized spacial score (nSPS) is 10.8. The molecule has 1 heterocycles. The van der Waals surface area contributed by atoms with E-state index >= 15 is 0 Å². The number of halogens is 2. The van der Waals surface area contributed by atoms with Crippen LogP contribution >= 0.6 is 27.5 Å². The van der Waals surface area contributed by atoms with Gasteiger partial charge in [-0.15, -0.1) is 0 Å². The fourth-order valence-corrected chi connectivity index (χ4v) is 3.09. The molecule has 0 fully saturated rings. The number of hydrogen-bond donors (Lipinski definition) is 1. The molecular formula is C16H12BrClN2O. The van der Waals surface area contributed by atoms with Gasteiger partial charge in [-0.05, 0) is 48.4 Å². The van der Waals surface area contributed by atoms with Crippen LogP contribution < -0.4 is 5.73 Å². The number of hydrogen-bond acceptors (Lipinski definition) is 3. The minimum atomic E-state index is 0.352. The summed E-state index contributed by atoms with van der Waals surface area (Å²) in [6.45, 7) is 2.02. The van der Waals surface area contributed by atoms with Crippen molar-refractivity contribution in [2.24, 2.45) is 0 Å². The van der Waals surface area contributed by atoms with Crippen LogP contribution in [0.15, 0.2) is 51.5 Å². The van der Waals surface area contributed by atoms with Crippen molar-refractivity contribution in [3.05, 3.63) is 57.5 Å². The minimum absolute atomic E-state index is 0.352. The average molecular weight is 364 g/mol. The smallest absolute Gasteiger partial charge is 0.176 e. The minimum Gasteiger partial charge on any atom is -0.380 e. The van der Waals surface area contributed by atoms with E-state index in [9.17, 15) is 0 Å². The molecular weight excluding hydrogens is 352 g/mol. The van der Waals surface area contributed by atoms with Crippen molar-refractivity contribution < 1.29 is 4.52 Å². The number of aromatic nitrogens is 1. The van der Waals surface area contributed by atoms with Gasteiger partial charge in [0.1, 0.15) is 0 Å². The Kier molecular flexibility index (Phi) is 3.74. The van der Waals surface area contributed by atoms with Crippen LogP contribution in [0.1, 0.15) is 5.56 Å². The van der Waals surface area contributed by atoms with E-state index < -0.39 is 0 Å². The second kappa shape index (κ2) is 5.54. The monoisotopic (exact) mass is 362 g/mol. The van der Waals surface area contributed by atoms with Gasteiger partial charge in [-0.25, -0.2) is 0 Å². The molecule has 0 spiro atoms. The second-order valence-corrected chi connectivity index (χ2v) is 6.15. The molecule has 2 N–H and O–H groups in total. The predicted molar refractivity (Wildman–Crippen MR) is 89.2 cm³/mol. The third-order valence-corrected chi connectivity index (χ3v) is 3.83. The molecule has 0 atom stereocenters. The van der Waals surface area contributed by atoms with Gasteiger partial charge in [0, 0.05) is 15.1 Å². The van der Waals surface area contributed by atoms with Crippen LogP contribution in [0.2, 0.25) is 5.02 Å². The van der Waals surface area contributed by atoms with E-state index in [0.29, 0.717) is 16.6 Å². The maximum atomic E-state index is 6.06. The summed E-state index contributed by atoms with van der Waals surface area (Å²) in [5.41, 5.74) is 9.65. The summed E-state index contributed by atoms with van der Waals surface area (Å²) in [5, 5.41) is 4.55. The maximum Gasteiger partial charge on any atom is 0.176 e. The number of nitrogen functional groups attached to an aromatic ring is 1. The second-order valence-electron chi connectivity index (χ2n) is 4.80. The van der Waals surface area contributed by atoms with E-state index in [1.165, 1.54) is 0 Å². The van der Waals surface area contributed by atoms with E-state index in [0.717, 1.165) is 26.7 Å². The Hall–Kier alpha value is -1.78. The molecule has 3 nitrogen and oxygen atoms in total. The molecule has 1 aromatic heterocycles. The first-order chi connectivity index (χ1) is 10.0. The van der Waals surface area contributed by atoms with Crippen LogP contribution in [0, 0.1) is 6.92 Å². The summed E-state index contributed by atoms with van der Waals surface area (Å²) in [7, 11) is 0. The van der Waals surface area contributed by atoms with Crippen LogP contribution in [0.4, 0.5) is 5.82 Å². The Morgan fingerprint density at radius 3 is 2.67 bits per heavy atom. The van der Waals surface area contributed by atoms with Crippen LogP contribution in [-0.2, 0) is 0 Å². The van der Waals surface area contributed by atoms with Crippen molar-refractivity contribution in [2.45, 2.75) is 6.92 Å². The lowest BCUT2D eigenvalue weighted by Crippen LogP contribution is -1.89. The maximum absolute atomic E-state index is 6.06. The lowest BCUT2D eigenvalue weighted by Gasteiger charge is -2.05. The molecule has 0 saturated carbocycles. The van der Waals surface area contributed by atoms with Crippen LogP contribution in [0.3, 0.4) is 0 Å². The lowest BCUT2D eigenvalue weighted by atomic mass is 10.0. The molecule has 2 aromatic carbocycles. The molecule has 3 rings (SSSR count). The van der Waals surface area contributed by atoms with Crippen molar-refractivity contribution in [3.8, 4) is 22.5 Å². The van der Waals surface area contributed by atoms with Gasteiger partial charge >= 0.3 is 0 Å². The van der Waals surface area contributed by atoms with E-state index in [2.05, 4.69) is 21.1 Å². The molecule has 3 aromatic rings. The van der Waals surface area contributed by atoms with Gasteiger partial charge in [-0.3, -0.25) is 0 Å². The summed E-state index contributed by atoms with van der Waals surface area (Å²) < 4.78 is 6.42. The predicted octanol–water partition coefficient (Wildman–Crippen LogP) is 5.32. The van der Waals surface area contributed by atoms with Crippen LogP contribution in [-0.4, -0.2) is 5.16 Å². The van der Waals surface area contributed by atoms with Gasteiger partial charge in [-0.1, -0.05) is 44.8 Å². The summed E-state index contributed by atoms with van der Waals surface area (Å²) in [6, 6.07) is 13.5. The van der Waals surface area contributed by atoms with Crippen molar-refractivity contribution in [2.75, 3.05) is 5.73 Å². The average Bonchev–Trinajstić information content (AvgIpc) is 2.79. The van der Waals surface area contributed by atoms with Crippen molar-refractivity contribution in [1.29, 1.82) is 0 Å². The first-order valence-electron chi connectivity index (χ1n) is 6.33. The Morgan fingerprint density at radius 1 is 1.14 bits per heavy atom. The topological polar surface area (TPSA) is 52.0 Å². The zero-order chi connectivity index (χ0) is 15.0. The van der Waals surface area contributed by atoms with E-state index in [1.54, 1.807) is 0 Å². The Balaban J connectivity index is 2.21. The van der Waals surface area contributed by atoms with Crippen LogP contribution in [0.5, 0.6) is 0 Å². The summed E-state index contributed by atoms with van der Waals surface area (Å²) in [5.74, 6) is 0.990. The molecule has 0 radical (unpaired) electrons. The molecule has 0 amide bonds. The highest BCUT2D eigenvalue weighted by molar-refractivity contribution is 9.10. The summed E-state index contributed by atoms with van der Waals surface area (Å²) >= 11 is 9.56. The summed E-state index contributed by atoms with van der Waals surface area (Å²) in [4.78, 5) is 0. The fraction of sp³-hybridized carbons (Fsp3) is 0.0625. The molecule has 0 bridgehead atoms. The highest BCUT2D eigenvalue weighted by Crippen LogP contribution is 2.38. The fourth-order valence-electron chi connectivity index (χ4n) is 2.29. The Labute approximate surface area is 135 Å². The highest BCUT2D eigenvalue weighted by Gasteiger charge is 2.18. The molecule has 5 heteroatoms. The number of aryl methyl sites for hydroxylation is 1.